The van der Waals surface area contributed by atoms with Gasteiger partial charge < -0.3 is 0 Å². The smallest absolute Gasteiger partial charge is 0.0628 e. The first-order valence-electron chi connectivity index (χ1n) is 5.79. The minimum atomic E-state index is 0.488. The highest BCUT2D eigenvalue weighted by Crippen LogP contribution is 2.19. The minimum Gasteiger partial charge on any atom is -0.198 e. The Labute approximate surface area is 88.8 Å². The fourth-order valence-electron chi connectivity index (χ4n) is 1.63. The van der Waals surface area contributed by atoms with Gasteiger partial charge in [0, 0.05) is 6.42 Å². The maximum absolute atomic E-state index is 8.65. The lowest BCUT2D eigenvalue weighted by atomic mass is 9.93. The fourth-order valence-corrected chi connectivity index (χ4v) is 1.63. The molecule has 1 nitrogen and oxygen atoms in total. The summed E-state index contributed by atoms with van der Waals surface area (Å²) in [5.41, 5.74) is 1.41. The van der Waals surface area contributed by atoms with Gasteiger partial charge in [-0.25, -0.2) is 0 Å². The van der Waals surface area contributed by atoms with E-state index in [9.17, 15) is 0 Å². The number of allylic oxidation sites excluding steroid dienone is 2. The second-order valence-corrected chi connectivity index (χ2v) is 3.91. The van der Waals surface area contributed by atoms with Crippen molar-refractivity contribution >= 4 is 0 Å². The molecule has 0 aromatic heterocycles. The van der Waals surface area contributed by atoms with Crippen LogP contribution in [0.4, 0.5) is 0 Å². The number of nitriles is 1. The van der Waals surface area contributed by atoms with Gasteiger partial charge in [0.1, 0.15) is 0 Å². The van der Waals surface area contributed by atoms with E-state index in [4.69, 9.17) is 5.26 Å². The third-order valence-electron chi connectivity index (χ3n) is 2.75. The van der Waals surface area contributed by atoms with Crippen LogP contribution in [-0.4, -0.2) is 0 Å². The maximum Gasteiger partial charge on any atom is 0.0628 e. The lowest BCUT2D eigenvalue weighted by molar-refractivity contribution is 0.600. The summed E-state index contributed by atoms with van der Waals surface area (Å²) in [5, 5.41) is 8.65. The predicted molar refractivity (Wildman–Crippen MR) is 61.9 cm³/mol. The molecule has 0 fully saturated rings. The van der Waals surface area contributed by atoms with E-state index in [1.54, 1.807) is 0 Å². The van der Waals surface area contributed by atoms with Crippen LogP contribution in [-0.2, 0) is 0 Å². The maximum atomic E-state index is 8.65. The molecule has 0 saturated carbocycles. The molecule has 0 N–H and O–H groups in total. The topological polar surface area (TPSA) is 23.8 Å². The summed E-state index contributed by atoms with van der Waals surface area (Å²) in [6.45, 7) is 6.55. The van der Waals surface area contributed by atoms with Crippen molar-refractivity contribution in [2.24, 2.45) is 5.92 Å². The van der Waals surface area contributed by atoms with Gasteiger partial charge in [-0.3, -0.25) is 0 Å². The Morgan fingerprint density at radius 2 is 2.07 bits per heavy atom. The zero-order valence-electron chi connectivity index (χ0n) is 9.84. The predicted octanol–water partition coefficient (Wildman–Crippen LogP) is 4.45. The third kappa shape index (κ3) is 5.80. The summed E-state index contributed by atoms with van der Waals surface area (Å²) in [6.07, 6.45) is 9.15. The molecule has 1 unspecified atom stereocenters. The van der Waals surface area contributed by atoms with Crippen LogP contribution in [0.2, 0.25) is 0 Å². The molecule has 0 aromatic rings. The lowest BCUT2D eigenvalue weighted by Crippen LogP contribution is -1.99. The van der Waals surface area contributed by atoms with Gasteiger partial charge in [0.15, 0.2) is 0 Å². The normalized spacial score (nSPS) is 13.7. The van der Waals surface area contributed by atoms with Gasteiger partial charge >= 0.3 is 0 Å². The van der Waals surface area contributed by atoms with Crippen LogP contribution in [0.3, 0.4) is 0 Å². The average Bonchev–Trinajstić information content (AvgIpc) is 2.20. The molecule has 80 valence electrons. The largest absolute Gasteiger partial charge is 0.198 e. The second-order valence-electron chi connectivity index (χ2n) is 3.91. The molecule has 0 aliphatic heterocycles. The molecule has 0 aliphatic carbocycles. The van der Waals surface area contributed by atoms with Crippen LogP contribution < -0.4 is 0 Å². The van der Waals surface area contributed by atoms with Crippen molar-refractivity contribution < 1.29 is 0 Å². The van der Waals surface area contributed by atoms with Crippen molar-refractivity contribution in [1.29, 1.82) is 5.26 Å². The van der Waals surface area contributed by atoms with Crippen molar-refractivity contribution in [2.75, 3.05) is 0 Å². The summed E-state index contributed by atoms with van der Waals surface area (Å²) < 4.78 is 0. The van der Waals surface area contributed by atoms with E-state index in [-0.39, 0.29) is 0 Å². The molecule has 0 rings (SSSR count). The van der Waals surface area contributed by atoms with E-state index >= 15 is 0 Å². The molecule has 0 bridgehead atoms. The Morgan fingerprint density at radius 3 is 2.57 bits per heavy atom. The van der Waals surface area contributed by atoms with Gasteiger partial charge in [-0.05, 0) is 32.1 Å². The van der Waals surface area contributed by atoms with Gasteiger partial charge in [0.2, 0.25) is 0 Å². The van der Waals surface area contributed by atoms with E-state index < -0.39 is 0 Å². The molecular formula is C13H23N. The van der Waals surface area contributed by atoms with Crippen LogP contribution in [0.5, 0.6) is 0 Å². The van der Waals surface area contributed by atoms with Crippen molar-refractivity contribution in [3.8, 4) is 6.07 Å². The molecule has 0 aromatic carbocycles. The minimum absolute atomic E-state index is 0.488. The summed E-state index contributed by atoms with van der Waals surface area (Å²) in [6, 6.07) is 2.26. The van der Waals surface area contributed by atoms with E-state index in [1.807, 2.05) is 0 Å². The molecule has 0 radical (unpaired) electrons. The molecule has 1 heteroatoms. The number of hydrogen-bond acceptors (Lipinski definition) is 1. The van der Waals surface area contributed by atoms with Crippen LogP contribution in [0.1, 0.15) is 59.3 Å². The first-order chi connectivity index (χ1) is 6.76. The number of nitrogens with zero attached hydrogens (tertiary/aromatic N) is 1. The number of unbranched alkanes of at least 4 members (excludes halogenated alkanes) is 3. The third-order valence-corrected chi connectivity index (χ3v) is 2.75. The number of rotatable bonds is 7. The Hall–Kier alpha value is -0.770. The van der Waals surface area contributed by atoms with Gasteiger partial charge in [-0.15, -0.1) is 0 Å². The summed E-state index contributed by atoms with van der Waals surface area (Å²) in [5.74, 6) is 0.488. The monoisotopic (exact) mass is 193 g/mol. The van der Waals surface area contributed by atoms with Crippen LogP contribution in [0, 0.1) is 17.2 Å². The first kappa shape index (κ1) is 13.2. The molecule has 0 spiro atoms. The molecular weight excluding hydrogens is 170 g/mol. The molecule has 0 heterocycles. The first-order valence-corrected chi connectivity index (χ1v) is 5.79. The SMILES string of the molecule is CCCCCC=C(C)C(CC)CC#N. The zero-order valence-corrected chi connectivity index (χ0v) is 9.84. The zero-order chi connectivity index (χ0) is 10.8. The van der Waals surface area contributed by atoms with Gasteiger partial charge in [0.05, 0.1) is 6.07 Å². The highest BCUT2D eigenvalue weighted by Gasteiger charge is 2.06. The van der Waals surface area contributed by atoms with Crippen molar-refractivity contribution in [2.45, 2.75) is 59.3 Å². The highest BCUT2D eigenvalue weighted by molar-refractivity contribution is 5.05. The number of hydrogen-bond donors (Lipinski definition) is 0. The van der Waals surface area contributed by atoms with Gasteiger partial charge in [0.25, 0.3) is 0 Å². The van der Waals surface area contributed by atoms with Crippen molar-refractivity contribution in [3.63, 3.8) is 0 Å². The lowest BCUT2D eigenvalue weighted by Gasteiger charge is -2.11. The molecule has 14 heavy (non-hydrogen) atoms. The summed E-state index contributed by atoms with van der Waals surface area (Å²) >= 11 is 0. The molecule has 1 atom stereocenters. The van der Waals surface area contributed by atoms with Crippen molar-refractivity contribution in [3.05, 3.63) is 11.6 Å². The quantitative estimate of drug-likeness (QED) is 0.433. The Morgan fingerprint density at radius 1 is 1.36 bits per heavy atom. The van der Waals surface area contributed by atoms with Crippen LogP contribution in [0.15, 0.2) is 11.6 Å². The Bertz CT molecular complexity index is 198. The fraction of sp³-hybridized carbons (Fsp3) is 0.769. The second kappa shape index (κ2) is 8.81. The summed E-state index contributed by atoms with van der Waals surface area (Å²) in [4.78, 5) is 0. The van der Waals surface area contributed by atoms with E-state index in [1.165, 1.54) is 31.3 Å². The van der Waals surface area contributed by atoms with Crippen molar-refractivity contribution in [1.82, 2.24) is 0 Å². The molecule has 0 saturated heterocycles. The van der Waals surface area contributed by atoms with E-state index in [2.05, 4.69) is 32.9 Å². The van der Waals surface area contributed by atoms with Gasteiger partial charge in [-0.1, -0.05) is 38.3 Å². The molecule has 0 amide bonds. The van der Waals surface area contributed by atoms with E-state index in [0.29, 0.717) is 12.3 Å². The summed E-state index contributed by atoms with van der Waals surface area (Å²) in [7, 11) is 0. The molecule has 0 aliphatic rings. The Kier molecular flexibility index (Phi) is 8.33. The van der Waals surface area contributed by atoms with Crippen LogP contribution in [0.25, 0.3) is 0 Å². The van der Waals surface area contributed by atoms with Crippen LogP contribution >= 0.6 is 0 Å². The average molecular weight is 193 g/mol. The standard InChI is InChI=1S/C13H23N/c1-4-6-7-8-9-12(3)13(5-2)10-11-14/h9,13H,4-8,10H2,1-3H3. The highest BCUT2D eigenvalue weighted by atomic mass is 14.2. The Balaban J connectivity index is 3.88. The van der Waals surface area contributed by atoms with E-state index in [0.717, 1.165) is 6.42 Å². The van der Waals surface area contributed by atoms with Gasteiger partial charge in [-0.2, -0.15) is 5.26 Å².